The predicted molar refractivity (Wildman–Crippen MR) is 145 cm³/mol. The van der Waals surface area contributed by atoms with E-state index in [2.05, 4.69) is 15.4 Å². The summed E-state index contributed by atoms with van der Waals surface area (Å²) >= 11 is 0. The molecule has 1 fully saturated rings. The fourth-order valence-electron chi connectivity index (χ4n) is 4.60. The van der Waals surface area contributed by atoms with E-state index in [1.807, 2.05) is 47.4 Å². The number of benzene rings is 2. The van der Waals surface area contributed by atoms with Gasteiger partial charge in [-0.1, -0.05) is 24.3 Å². The minimum Gasteiger partial charge on any atom is -0.495 e. The van der Waals surface area contributed by atoms with Gasteiger partial charge in [0, 0.05) is 32.2 Å². The minimum atomic E-state index is -3.46. The molecule has 38 heavy (non-hydrogen) atoms. The van der Waals surface area contributed by atoms with Gasteiger partial charge in [-0.15, -0.1) is 5.10 Å². The Bertz CT molecular complexity index is 1560. The van der Waals surface area contributed by atoms with Crippen molar-refractivity contribution in [2.24, 2.45) is 0 Å². The third-order valence-corrected chi connectivity index (χ3v) is 7.86. The molecule has 12 heteroatoms. The molecule has 0 amide bonds. The van der Waals surface area contributed by atoms with Gasteiger partial charge in [0.15, 0.2) is 0 Å². The molecular weight excluding hydrogens is 508 g/mol. The average molecular weight is 539 g/mol. The first-order chi connectivity index (χ1) is 18.1. The lowest BCUT2D eigenvalue weighted by Gasteiger charge is -2.20. The highest BCUT2D eigenvalue weighted by Gasteiger charge is 2.29. The summed E-state index contributed by atoms with van der Waals surface area (Å²) in [5, 5.41) is 27.5. The van der Waals surface area contributed by atoms with E-state index in [9.17, 15) is 18.6 Å². The van der Waals surface area contributed by atoms with Crippen LogP contribution in [-0.2, 0) is 16.6 Å². The Morgan fingerprint density at radius 3 is 2.55 bits per heavy atom. The van der Waals surface area contributed by atoms with E-state index in [-0.39, 0.29) is 0 Å². The van der Waals surface area contributed by atoms with E-state index in [1.165, 1.54) is 17.6 Å². The van der Waals surface area contributed by atoms with Crippen molar-refractivity contribution < 1.29 is 23.4 Å². The summed E-state index contributed by atoms with van der Waals surface area (Å²) in [5.41, 5.74) is 4.36. The minimum absolute atomic E-state index is 0.334. The van der Waals surface area contributed by atoms with Gasteiger partial charge in [0.05, 0.1) is 54.4 Å². The summed E-state index contributed by atoms with van der Waals surface area (Å²) in [5.74, 6) is 0.931. The molecule has 11 nitrogen and oxygen atoms in total. The first kappa shape index (κ1) is 25.9. The van der Waals surface area contributed by atoms with Crippen molar-refractivity contribution in [2.75, 3.05) is 43.1 Å². The Balaban J connectivity index is 1.44. The van der Waals surface area contributed by atoms with E-state index in [0.29, 0.717) is 54.0 Å². The van der Waals surface area contributed by atoms with Gasteiger partial charge in [0.2, 0.25) is 16.0 Å². The highest BCUT2D eigenvalue weighted by atomic mass is 32.2. The van der Waals surface area contributed by atoms with Crippen LogP contribution >= 0.6 is 0 Å². The number of hydrogen-bond acceptors (Lipinski definition) is 9. The molecule has 0 radical (unpaired) electrons. The second-order valence-electron chi connectivity index (χ2n) is 9.37. The van der Waals surface area contributed by atoms with Crippen LogP contribution in [0.3, 0.4) is 0 Å². The number of sulfonamides is 1. The van der Waals surface area contributed by atoms with Crippen LogP contribution in [0.2, 0.25) is 0 Å². The number of nitrogens with one attached hydrogen (secondary N) is 1. The van der Waals surface area contributed by atoms with Crippen molar-refractivity contribution in [1.82, 2.24) is 19.5 Å². The van der Waals surface area contributed by atoms with Gasteiger partial charge in [-0.25, -0.2) is 17.9 Å². The Morgan fingerprint density at radius 1 is 1.11 bits per heavy atom. The van der Waals surface area contributed by atoms with Crippen LogP contribution in [0.25, 0.3) is 16.8 Å². The van der Waals surface area contributed by atoms with E-state index in [4.69, 9.17) is 4.74 Å². The lowest BCUT2D eigenvalue weighted by Crippen LogP contribution is -2.25. The topological polar surface area (TPSA) is 133 Å². The Morgan fingerprint density at radius 2 is 1.84 bits per heavy atom. The molecule has 0 spiro atoms. The number of rotatable bonds is 8. The smallest absolute Gasteiger partial charge is 0.245 e. The van der Waals surface area contributed by atoms with Gasteiger partial charge in [-0.05, 0) is 35.9 Å². The number of nitrogens with zero attached hydrogens (tertiary/aromatic N) is 5. The van der Waals surface area contributed by atoms with Gasteiger partial charge in [-0.3, -0.25) is 9.21 Å². The number of anilines is 3. The van der Waals surface area contributed by atoms with E-state index in [1.54, 1.807) is 30.0 Å². The number of methoxy groups -OCH3 is 1. The van der Waals surface area contributed by atoms with E-state index in [0.717, 1.165) is 11.1 Å². The molecule has 1 aliphatic rings. The molecule has 0 bridgehead atoms. The van der Waals surface area contributed by atoms with Gasteiger partial charge < -0.3 is 20.3 Å². The van der Waals surface area contributed by atoms with Gasteiger partial charge in [0.1, 0.15) is 5.75 Å². The average Bonchev–Trinajstić information content (AvgIpc) is 3.45. The second kappa shape index (κ2) is 10.2. The largest absolute Gasteiger partial charge is 0.495 e. The third kappa shape index (κ3) is 5.16. The van der Waals surface area contributed by atoms with Crippen molar-refractivity contribution in [1.29, 1.82) is 0 Å². The molecule has 0 aliphatic carbocycles. The second-order valence-corrected chi connectivity index (χ2v) is 11.4. The van der Waals surface area contributed by atoms with Crippen LogP contribution in [0.4, 0.5) is 17.3 Å². The number of β-amino-alcohol motifs (C(OH)–C–C–N with tert-alkyl or cyclic N) is 2. The van der Waals surface area contributed by atoms with Crippen LogP contribution in [0.5, 0.6) is 5.75 Å². The maximum Gasteiger partial charge on any atom is 0.245 e. The van der Waals surface area contributed by atoms with Crippen LogP contribution < -0.4 is 14.4 Å². The quantitative estimate of drug-likeness (QED) is 0.308. The molecular formula is C26H30N6O5S. The highest BCUT2D eigenvalue weighted by Crippen LogP contribution is 2.33. The molecule has 4 aromatic rings. The number of aromatic nitrogens is 3. The molecule has 3 N–H and O–H groups in total. The molecule has 0 unspecified atom stereocenters. The number of fused-ring (bicyclic) bond motifs is 1. The molecule has 1 saturated heterocycles. The lowest BCUT2D eigenvalue weighted by molar-refractivity contribution is 0.0572. The molecule has 1 aliphatic heterocycles. The monoisotopic (exact) mass is 538 g/mol. The van der Waals surface area contributed by atoms with Gasteiger partial charge in [0.25, 0.3) is 0 Å². The fraction of sp³-hybridized carbons (Fsp3) is 0.308. The third-order valence-electron chi connectivity index (χ3n) is 6.67. The van der Waals surface area contributed by atoms with Crippen LogP contribution in [-0.4, -0.2) is 83.8 Å². The van der Waals surface area contributed by atoms with E-state index < -0.39 is 22.2 Å². The zero-order valence-corrected chi connectivity index (χ0v) is 22.1. The number of aliphatic hydroxyl groups excluding tert-OH is 2. The Kier molecular flexibility index (Phi) is 6.97. The first-order valence-corrected chi connectivity index (χ1v) is 13.9. The van der Waals surface area contributed by atoms with Crippen molar-refractivity contribution in [3.05, 3.63) is 66.4 Å². The summed E-state index contributed by atoms with van der Waals surface area (Å²) in [6, 6.07) is 16.7. The normalized spacial score (nSPS) is 18.1. The zero-order chi connectivity index (χ0) is 27.0. The van der Waals surface area contributed by atoms with Crippen LogP contribution in [0, 0.1) is 0 Å². The number of aliphatic hydroxyl groups is 2. The van der Waals surface area contributed by atoms with Crippen LogP contribution in [0.1, 0.15) is 5.56 Å². The molecule has 2 atom stereocenters. The fourth-order valence-corrected chi connectivity index (χ4v) is 5.11. The maximum atomic E-state index is 12.2. The SMILES string of the molecule is COc1cc(CN2C[C@@H](O)[C@H](O)C2)ccc1Nc1ncc2ccc(-c3ccccc3N(C)S(C)(=O)=O)n2n1. The van der Waals surface area contributed by atoms with Gasteiger partial charge >= 0.3 is 0 Å². The van der Waals surface area contributed by atoms with E-state index >= 15 is 0 Å². The molecule has 0 saturated carbocycles. The van der Waals surface area contributed by atoms with Crippen molar-refractivity contribution in [3.63, 3.8) is 0 Å². The summed E-state index contributed by atoms with van der Waals surface area (Å²) in [7, 11) is -0.355. The standard InChI is InChI=1S/C26H30N6O5S/c1-30(38(3,35)36)21-7-5-4-6-19(21)22-11-9-18-13-27-26(29-32(18)22)28-20-10-8-17(12-25(20)37-2)14-31-15-23(33)24(34)16-31/h4-13,23-24,33-34H,14-16H2,1-3H3,(H,28,29)/t23-,24-/m1/s1. The Labute approximate surface area is 221 Å². The summed E-state index contributed by atoms with van der Waals surface area (Å²) in [6.07, 6.45) is 1.39. The maximum absolute atomic E-state index is 12.2. The summed E-state index contributed by atoms with van der Waals surface area (Å²) in [4.78, 5) is 6.42. The van der Waals surface area contributed by atoms with Crippen LogP contribution in [0.15, 0.2) is 60.8 Å². The first-order valence-electron chi connectivity index (χ1n) is 12.0. The predicted octanol–water partition coefficient (Wildman–Crippen LogP) is 2.08. The molecule has 3 heterocycles. The van der Waals surface area contributed by atoms with Crippen molar-refractivity contribution in [2.45, 2.75) is 18.8 Å². The van der Waals surface area contributed by atoms with Crippen molar-refractivity contribution >= 4 is 32.9 Å². The molecule has 2 aromatic heterocycles. The molecule has 200 valence electrons. The number of ether oxygens (including phenoxy) is 1. The molecule has 5 rings (SSSR count). The summed E-state index contributed by atoms with van der Waals surface area (Å²) in [6.45, 7) is 1.40. The highest BCUT2D eigenvalue weighted by molar-refractivity contribution is 7.92. The lowest BCUT2D eigenvalue weighted by atomic mass is 10.1. The van der Waals surface area contributed by atoms with Crippen molar-refractivity contribution in [3.8, 4) is 17.0 Å². The Hall–Kier alpha value is -3.71. The summed E-state index contributed by atoms with van der Waals surface area (Å²) < 4.78 is 33.0. The number of likely N-dealkylation sites (tertiary alicyclic amines) is 1. The van der Waals surface area contributed by atoms with Gasteiger partial charge in [-0.2, -0.15) is 0 Å². The molecule has 2 aromatic carbocycles. The number of para-hydroxylation sites is 1. The number of hydrogen-bond donors (Lipinski definition) is 3. The zero-order valence-electron chi connectivity index (χ0n) is 21.3.